The summed E-state index contributed by atoms with van der Waals surface area (Å²) in [7, 11) is 1.50. The van der Waals surface area contributed by atoms with E-state index in [4.69, 9.17) is 22.7 Å². The Morgan fingerprint density at radius 3 is 2.67 bits per heavy atom. The fourth-order valence-electron chi connectivity index (χ4n) is 1.69. The van der Waals surface area contributed by atoms with Crippen LogP contribution in [0.4, 0.5) is 5.95 Å². The molecule has 0 radical (unpaired) electrons. The van der Waals surface area contributed by atoms with Crippen molar-refractivity contribution in [2.24, 2.45) is 5.73 Å². The minimum Gasteiger partial charge on any atom is -0.481 e. The Balaban J connectivity index is 2.23. The van der Waals surface area contributed by atoms with Crippen molar-refractivity contribution in [1.29, 1.82) is 0 Å². The van der Waals surface area contributed by atoms with Crippen LogP contribution in [0.15, 0.2) is 30.3 Å². The van der Waals surface area contributed by atoms with E-state index in [1.165, 1.54) is 7.11 Å². The molecule has 6 nitrogen and oxygen atoms in total. The number of nitrogens with zero attached hydrogens (tertiary/aromatic N) is 2. The largest absolute Gasteiger partial charge is 0.481 e. The maximum absolute atomic E-state index is 12.2. The van der Waals surface area contributed by atoms with Gasteiger partial charge >= 0.3 is 0 Å². The number of hydrogen-bond acceptors (Lipinski definition) is 5. The first-order chi connectivity index (χ1) is 9.99. The van der Waals surface area contributed by atoms with Gasteiger partial charge in [0.15, 0.2) is 0 Å². The summed E-state index contributed by atoms with van der Waals surface area (Å²) in [5.74, 6) is 0.216. The Hall–Kier alpha value is -2.54. The highest BCUT2D eigenvalue weighted by molar-refractivity contribution is 7.80. The second kappa shape index (κ2) is 6.27. The number of aryl methyl sites for hydroxylation is 1. The zero-order valence-electron chi connectivity index (χ0n) is 11.6. The maximum atomic E-state index is 12.2. The number of amides is 1. The number of aromatic nitrogens is 2. The molecule has 0 aliphatic heterocycles. The lowest BCUT2D eigenvalue weighted by atomic mass is 10.1. The van der Waals surface area contributed by atoms with Crippen LogP contribution in [-0.2, 0) is 0 Å². The fourth-order valence-corrected chi connectivity index (χ4v) is 1.81. The van der Waals surface area contributed by atoms with Gasteiger partial charge in [-0.25, -0.2) is 4.98 Å². The van der Waals surface area contributed by atoms with Gasteiger partial charge in [-0.05, 0) is 19.1 Å². The third kappa shape index (κ3) is 3.73. The van der Waals surface area contributed by atoms with Gasteiger partial charge in [-0.3, -0.25) is 10.1 Å². The van der Waals surface area contributed by atoms with Crippen molar-refractivity contribution in [2.45, 2.75) is 6.92 Å². The lowest BCUT2D eigenvalue weighted by Gasteiger charge is -2.07. The van der Waals surface area contributed by atoms with E-state index in [-0.39, 0.29) is 16.8 Å². The van der Waals surface area contributed by atoms with Crippen molar-refractivity contribution in [3.8, 4) is 5.88 Å². The van der Waals surface area contributed by atoms with Gasteiger partial charge in [-0.1, -0.05) is 24.4 Å². The van der Waals surface area contributed by atoms with Crippen LogP contribution in [0.25, 0.3) is 0 Å². The van der Waals surface area contributed by atoms with Gasteiger partial charge < -0.3 is 10.5 Å². The van der Waals surface area contributed by atoms with Gasteiger partial charge in [0.2, 0.25) is 11.8 Å². The normalized spacial score (nSPS) is 10.0. The molecule has 21 heavy (non-hydrogen) atoms. The summed E-state index contributed by atoms with van der Waals surface area (Å²) in [6, 6.07) is 8.39. The van der Waals surface area contributed by atoms with E-state index in [0.29, 0.717) is 22.7 Å². The van der Waals surface area contributed by atoms with E-state index in [1.807, 2.05) is 0 Å². The zero-order valence-corrected chi connectivity index (χ0v) is 12.4. The van der Waals surface area contributed by atoms with Crippen LogP contribution in [0, 0.1) is 6.92 Å². The van der Waals surface area contributed by atoms with Gasteiger partial charge in [0.25, 0.3) is 5.91 Å². The van der Waals surface area contributed by atoms with Crippen LogP contribution in [0.2, 0.25) is 0 Å². The molecule has 1 aromatic carbocycles. The molecule has 2 rings (SSSR count). The molecule has 0 aliphatic rings. The molecular weight excluding hydrogens is 288 g/mol. The second-order valence-corrected chi connectivity index (χ2v) is 4.71. The monoisotopic (exact) mass is 302 g/mol. The van der Waals surface area contributed by atoms with Crippen LogP contribution in [0.3, 0.4) is 0 Å². The Kier molecular flexibility index (Phi) is 4.44. The number of hydrogen-bond donors (Lipinski definition) is 2. The summed E-state index contributed by atoms with van der Waals surface area (Å²) in [6.45, 7) is 1.79. The smallest absolute Gasteiger partial charge is 0.258 e. The Bertz CT molecular complexity index is 703. The van der Waals surface area contributed by atoms with E-state index in [2.05, 4.69) is 15.3 Å². The number of carbonyl (C=O) groups excluding carboxylic acids is 1. The number of nitrogens with one attached hydrogen (secondary N) is 1. The predicted octanol–water partition coefficient (Wildman–Crippen LogP) is 1.68. The van der Waals surface area contributed by atoms with Gasteiger partial charge in [0.05, 0.1) is 7.11 Å². The third-order valence-electron chi connectivity index (χ3n) is 2.67. The van der Waals surface area contributed by atoms with Crippen LogP contribution in [0.5, 0.6) is 5.88 Å². The van der Waals surface area contributed by atoms with Crippen molar-refractivity contribution in [1.82, 2.24) is 9.97 Å². The third-order valence-corrected chi connectivity index (χ3v) is 2.91. The van der Waals surface area contributed by atoms with E-state index >= 15 is 0 Å². The minimum absolute atomic E-state index is 0.178. The molecule has 108 valence electrons. The molecular formula is C14H14N4O2S. The molecule has 7 heteroatoms. The number of benzene rings is 1. The first-order valence-electron chi connectivity index (χ1n) is 6.10. The fraction of sp³-hybridized carbons (Fsp3) is 0.143. The highest BCUT2D eigenvalue weighted by Crippen LogP contribution is 2.13. The SMILES string of the molecule is COc1cc(C)nc(NC(=O)c2cccc(C(N)=S)c2)n1. The average molecular weight is 302 g/mol. The molecule has 0 unspecified atom stereocenters. The Labute approximate surface area is 127 Å². The number of carbonyl (C=O) groups is 1. The summed E-state index contributed by atoms with van der Waals surface area (Å²) in [6.07, 6.45) is 0. The number of methoxy groups -OCH3 is 1. The molecule has 0 saturated heterocycles. The molecule has 0 atom stereocenters. The molecule has 1 amide bonds. The molecule has 0 bridgehead atoms. The number of nitrogens with two attached hydrogens (primary N) is 1. The number of thiocarbonyl (C=S) groups is 1. The molecule has 0 spiro atoms. The van der Waals surface area contributed by atoms with Crippen LogP contribution < -0.4 is 15.8 Å². The Morgan fingerprint density at radius 1 is 1.29 bits per heavy atom. The van der Waals surface area contributed by atoms with Gasteiger partial charge in [-0.15, -0.1) is 0 Å². The van der Waals surface area contributed by atoms with E-state index in [1.54, 1.807) is 37.3 Å². The van der Waals surface area contributed by atoms with E-state index < -0.39 is 0 Å². The van der Waals surface area contributed by atoms with Crippen molar-refractivity contribution in [2.75, 3.05) is 12.4 Å². The molecule has 1 heterocycles. The quantitative estimate of drug-likeness (QED) is 0.835. The highest BCUT2D eigenvalue weighted by atomic mass is 32.1. The summed E-state index contributed by atoms with van der Waals surface area (Å²) in [5.41, 5.74) is 7.29. The number of rotatable bonds is 4. The lowest BCUT2D eigenvalue weighted by molar-refractivity contribution is 0.102. The van der Waals surface area contributed by atoms with Gasteiger partial charge in [-0.2, -0.15) is 4.98 Å². The number of ether oxygens (including phenoxy) is 1. The molecule has 1 aromatic heterocycles. The summed E-state index contributed by atoms with van der Waals surface area (Å²) in [5, 5.41) is 2.61. The van der Waals surface area contributed by atoms with Crippen LogP contribution >= 0.6 is 12.2 Å². The highest BCUT2D eigenvalue weighted by Gasteiger charge is 2.10. The molecule has 0 saturated carbocycles. The van der Waals surface area contributed by atoms with Crippen molar-refractivity contribution in [3.05, 3.63) is 47.2 Å². The van der Waals surface area contributed by atoms with E-state index in [0.717, 1.165) is 0 Å². The molecule has 3 N–H and O–H groups in total. The van der Waals surface area contributed by atoms with Crippen molar-refractivity contribution < 1.29 is 9.53 Å². The number of anilines is 1. The molecule has 0 aliphatic carbocycles. The van der Waals surface area contributed by atoms with Crippen LogP contribution in [-0.4, -0.2) is 28.0 Å². The lowest BCUT2D eigenvalue weighted by Crippen LogP contribution is -2.16. The minimum atomic E-state index is -0.347. The standard InChI is InChI=1S/C14H14N4O2S/c1-8-6-11(20-2)17-14(16-8)18-13(19)10-5-3-4-9(7-10)12(15)21/h3-7H,1-2H3,(H2,15,21)(H,16,17,18,19). The summed E-state index contributed by atoms with van der Waals surface area (Å²) < 4.78 is 5.04. The molecule has 0 fully saturated rings. The first-order valence-corrected chi connectivity index (χ1v) is 6.51. The first kappa shape index (κ1) is 14.9. The van der Waals surface area contributed by atoms with Crippen molar-refractivity contribution in [3.63, 3.8) is 0 Å². The second-order valence-electron chi connectivity index (χ2n) is 4.27. The van der Waals surface area contributed by atoms with Gasteiger partial charge in [0, 0.05) is 22.9 Å². The summed E-state index contributed by atoms with van der Waals surface area (Å²) >= 11 is 4.89. The van der Waals surface area contributed by atoms with E-state index in [9.17, 15) is 4.79 Å². The summed E-state index contributed by atoms with van der Waals surface area (Å²) in [4.78, 5) is 20.6. The predicted molar refractivity (Wildman–Crippen MR) is 83.6 cm³/mol. The average Bonchev–Trinajstić information content (AvgIpc) is 2.46. The maximum Gasteiger partial charge on any atom is 0.258 e. The topological polar surface area (TPSA) is 90.1 Å². The van der Waals surface area contributed by atoms with Crippen molar-refractivity contribution >= 4 is 29.1 Å². The zero-order chi connectivity index (χ0) is 15.4. The van der Waals surface area contributed by atoms with Gasteiger partial charge in [0.1, 0.15) is 4.99 Å². The Morgan fingerprint density at radius 2 is 2.00 bits per heavy atom. The van der Waals surface area contributed by atoms with Crippen LogP contribution in [0.1, 0.15) is 21.6 Å². The molecule has 2 aromatic rings.